The van der Waals surface area contributed by atoms with E-state index in [-0.39, 0.29) is 5.04 Å². The van der Waals surface area contributed by atoms with Gasteiger partial charge in [0.1, 0.15) is 11.2 Å². The number of hydrogen-bond donors (Lipinski definition) is 0. The van der Waals surface area contributed by atoms with Crippen LogP contribution in [-0.2, 0) is 30.1 Å². The Bertz CT molecular complexity index is 870. The van der Waals surface area contributed by atoms with Gasteiger partial charge in [0, 0.05) is 5.56 Å². The average molecular weight is 475 g/mol. The molecule has 0 saturated carbocycles. The number of hydrogen-bond acceptors (Lipinski definition) is 5. The van der Waals surface area contributed by atoms with Crippen molar-refractivity contribution in [3.63, 3.8) is 0 Å². The summed E-state index contributed by atoms with van der Waals surface area (Å²) in [7, 11) is -1.84. The Hall–Kier alpha value is -2.10. The summed E-state index contributed by atoms with van der Waals surface area (Å²) in [6.07, 6.45) is 0. The number of rotatable bonds is 5. The van der Waals surface area contributed by atoms with E-state index in [1.807, 2.05) is 24.3 Å². The summed E-state index contributed by atoms with van der Waals surface area (Å²) in [5.41, 5.74) is -1.52. The molecule has 0 amide bonds. The molecule has 33 heavy (non-hydrogen) atoms. The molecule has 1 aromatic carbocycles. The normalized spacial score (nSPS) is 13.1. The molecule has 0 N–H and O–H groups in total. The first-order valence-electron chi connectivity index (χ1n) is 11.4. The minimum Gasteiger partial charge on any atom is -0.458 e. The summed E-state index contributed by atoms with van der Waals surface area (Å²) < 4.78 is 17.2. The van der Waals surface area contributed by atoms with Crippen LogP contribution in [0.3, 0.4) is 0 Å². The highest BCUT2D eigenvalue weighted by atomic mass is 28.4. The number of ether oxygens (including phenoxy) is 2. The van der Waals surface area contributed by atoms with Gasteiger partial charge in [0.05, 0.1) is 6.61 Å². The van der Waals surface area contributed by atoms with Gasteiger partial charge in [-0.2, -0.15) is 0 Å². The van der Waals surface area contributed by atoms with E-state index in [4.69, 9.17) is 13.9 Å². The predicted octanol–water partition coefficient (Wildman–Crippen LogP) is 6.25. The topological polar surface area (TPSA) is 61.8 Å². The van der Waals surface area contributed by atoms with Gasteiger partial charge in [-0.05, 0) is 84.3 Å². The smallest absolute Gasteiger partial charge is 0.336 e. The third-order valence-corrected chi connectivity index (χ3v) is 9.91. The molecule has 0 aromatic heterocycles. The van der Waals surface area contributed by atoms with Gasteiger partial charge in [-0.1, -0.05) is 44.7 Å². The third-order valence-electron chi connectivity index (χ3n) is 5.43. The second-order valence-corrected chi connectivity index (χ2v) is 16.9. The molecule has 6 heteroatoms. The first-order chi connectivity index (χ1) is 14.7. The van der Waals surface area contributed by atoms with Crippen molar-refractivity contribution < 1.29 is 23.5 Å². The van der Waals surface area contributed by atoms with Crippen LogP contribution in [0, 0.1) is 17.3 Å². The summed E-state index contributed by atoms with van der Waals surface area (Å²) in [6, 6.07) is 7.63. The predicted molar refractivity (Wildman–Crippen MR) is 135 cm³/mol. The molecule has 0 unspecified atom stereocenters. The minimum atomic E-state index is -1.84. The molecule has 184 valence electrons. The van der Waals surface area contributed by atoms with E-state index in [2.05, 4.69) is 45.7 Å². The van der Waals surface area contributed by atoms with Crippen molar-refractivity contribution >= 4 is 20.3 Å². The Kier molecular flexibility index (Phi) is 8.79. The Labute approximate surface area is 201 Å². The molecule has 0 aliphatic carbocycles. The zero-order valence-corrected chi connectivity index (χ0v) is 23.6. The summed E-state index contributed by atoms with van der Waals surface area (Å²) in [6.45, 7) is 23.6. The van der Waals surface area contributed by atoms with Crippen LogP contribution in [0.25, 0.3) is 0 Å². The molecule has 1 rings (SSSR count). The monoisotopic (exact) mass is 474 g/mol. The highest BCUT2D eigenvalue weighted by molar-refractivity contribution is 6.74. The van der Waals surface area contributed by atoms with E-state index >= 15 is 0 Å². The second kappa shape index (κ2) is 10.0. The van der Waals surface area contributed by atoms with E-state index in [0.29, 0.717) is 12.2 Å². The zero-order chi connectivity index (χ0) is 25.9. The maximum absolute atomic E-state index is 12.9. The lowest BCUT2D eigenvalue weighted by atomic mass is 9.90. The fourth-order valence-electron chi connectivity index (χ4n) is 2.31. The zero-order valence-electron chi connectivity index (χ0n) is 22.6. The standard InChI is InChI=1S/C27H42O5Si/c1-24(2,3)31-22(28)27(10,23(29)32-25(4,5)6)18-17-20-13-15-21(16-14-20)19-30-33(11,12)26(7,8)9/h13-16H,19H2,1-12H3. The van der Waals surface area contributed by atoms with Crippen molar-refractivity contribution in [1.29, 1.82) is 0 Å². The third kappa shape index (κ3) is 8.98. The molecule has 0 fully saturated rings. The van der Waals surface area contributed by atoms with E-state index in [9.17, 15) is 9.59 Å². The maximum Gasteiger partial charge on any atom is 0.336 e. The van der Waals surface area contributed by atoms with Crippen molar-refractivity contribution in [1.82, 2.24) is 0 Å². The van der Waals surface area contributed by atoms with Crippen LogP contribution in [0.5, 0.6) is 0 Å². The van der Waals surface area contributed by atoms with Crippen LogP contribution < -0.4 is 0 Å². The fourth-order valence-corrected chi connectivity index (χ4v) is 3.27. The van der Waals surface area contributed by atoms with Crippen molar-refractivity contribution in [3.05, 3.63) is 35.4 Å². The lowest BCUT2D eigenvalue weighted by Crippen LogP contribution is -2.44. The van der Waals surface area contributed by atoms with Crippen LogP contribution in [0.4, 0.5) is 0 Å². The average Bonchev–Trinajstić information content (AvgIpc) is 2.61. The highest BCUT2D eigenvalue weighted by Crippen LogP contribution is 2.37. The number of esters is 2. The first-order valence-corrected chi connectivity index (χ1v) is 14.3. The molecule has 1 aromatic rings. The summed E-state index contributed by atoms with van der Waals surface area (Å²) in [5.74, 6) is 4.34. The largest absolute Gasteiger partial charge is 0.458 e. The van der Waals surface area contributed by atoms with Gasteiger partial charge in [0.2, 0.25) is 5.41 Å². The molecule has 0 saturated heterocycles. The molecule has 0 spiro atoms. The van der Waals surface area contributed by atoms with Crippen molar-refractivity contribution in [2.45, 2.75) is 105 Å². The van der Waals surface area contributed by atoms with Crippen molar-refractivity contribution in [3.8, 4) is 11.8 Å². The Balaban J connectivity index is 3.13. The van der Waals surface area contributed by atoms with Gasteiger partial charge in [-0.25, -0.2) is 9.59 Å². The van der Waals surface area contributed by atoms with Gasteiger partial charge in [-0.3, -0.25) is 0 Å². The number of benzene rings is 1. The van der Waals surface area contributed by atoms with Crippen LogP contribution in [0.15, 0.2) is 24.3 Å². The van der Waals surface area contributed by atoms with Gasteiger partial charge >= 0.3 is 11.9 Å². The Morgan fingerprint density at radius 2 is 1.21 bits per heavy atom. The van der Waals surface area contributed by atoms with Gasteiger partial charge in [0.15, 0.2) is 8.32 Å². The molecular weight excluding hydrogens is 432 g/mol. The number of carbonyl (C=O) groups excluding carboxylic acids is 2. The Morgan fingerprint density at radius 3 is 1.58 bits per heavy atom. The van der Waals surface area contributed by atoms with Crippen LogP contribution in [0.2, 0.25) is 18.1 Å². The summed E-state index contributed by atoms with van der Waals surface area (Å²) in [4.78, 5) is 25.8. The molecule has 5 nitrogen and oxygen atoms in total. The molecule has 0 heterocycles. The van der Waals surface area contributed by atoms with Crippen LogP contribution in [-0.4, -0.2) is 31.5 Å². The molecule has 0 aliphatic rings. The quantitative estimate of drug-likeness (QED) is 0.218. The lowest BCUT2D eigenvalue weighted by molar-refractivity contribution is -0.179. The van der Waals surface area contributed by atoms with Gasteiger partial charge in [-0.15, -0.1) is 0 Å². The van der Waals surface area contributed by atoms with Crippen molar-refractivity contribution in [2.75, 3.05) is 0 Å². The van der Waals surface area contributed by atoms with E-state index in [1.165, 1.54) is 6.92 Å². The maximum atomic E-state index is 12.9. The SMILES string of the molecule is CC(C)(C)OC(=O)C(C)(C#Cc1ccc(CO[Si](C)(C)C(C)(C)C)cc1)C(=O)OC(C)(C)C. The van der Waals surface area contributed by atoms with Crippen molar-refractivity contribution in [2.24, 2.45) is 5.41 Å². The highest BCUT2D eigenvalue weighted by Gasteiger charge is 2.46. The lowest BCUT2D eigenvalue weighted by Gasteiger charge is -2.36. The minimum absolute atomic E-state index is 0.145. The summed E-state index contributed by atoms with van der Waals surface area (Å²) in [5, 5.41) is 0.145. The fraction of sp³-hybridized carbons (Fsp3) is 0.630. The molecule has 0 radical (unpaired) electrons. The Morgan fingerprint density at radius 1 is 0.788 bits per heavy atom. The first kappa shape index (κ1) is 28.9. The van der Waals surface area contributed by atoms with Crippen LogP contribution >= 0.6 is 0 Å². The molecule has 0 bridgehead atoms. The van der Waals surface area contributed by atoms with E-state index in [0.717, 1.165) is 5.56 Å². The summed E-state index contributed by atoms with van der Waals surface area (Å²) >= 11 is 0. The molecule has 0 aliphatic heterocycles. The second-order valence-electron chi connectivity index (χ2n) is 12.1. The van der Waals surface area contributed by atoms with E-state index < -0.39 is 36.9 Å². The van der Waals surface area contributed by atoms with E-state index in [1.54, 1.807) is 41.5 Å². The van der Waals surface area contributed by atoms with Crippen LogP contribution in [0.1, 0.15) is 80.4 Å². The molecular formula is C27H42O5Si. The van der Waals surface area contributed by atoms with Gasteiger partial charge in [0.25, 0.3) is 0 Å². The number of carbonyl (C=O) groups is 2. The molecule has 0 atom stereocenters. The van der Waals surface area contributed by atoms with Gasteiger partial charge < -0.3 is 13.9 Å².